The van der Waals surface area contributed by atoms with Gasteiger partial charge >= 0.3 is 0 Å². The van der Waals surface area contributed by atoms with Crippen LogP contribution in [-0.4, -0.2) is 33.6 Å². The van der Waals surface area contributed by atoms with Crippen molar-refractivity contribution in [2.24, 2.45) is 0 Å². The Hall–Kier alpha value is -0.990. The summed E-state index contributed by atoms with van der Waals surface area (Å²) in [5.74, 6) is 0. The van der Waals surface area contributed by atoms with Gasteiger partial charge in [-0.15, -0.1) is 0 Å². The van der Waals surface area contributed by atoms with Crippen LogP contribution in [0.5, 0.6) is 0 Å². The van der Waals surface area contributed by atoms with Crippen LogP contribution < -0.4 is 0 Å². The molecule has 1 aliphatic rings. The van der Waals surface area contributed by atoms with E-state index in [1.165, 1.54) is 0 Å². The van der Waals surface area contributed by atoms with E-state index in [1.54, 1.807) is 0 Å². The largest absolute Gasteiger partial charge is 0.369 e. The highest BCUT2D eigenvalue weighted by molar-refractivity contribution is 14.1. The van der Waals surface area contributed by atoms with Crippen molar-refractivity contribution >= 4 is 22.6 Å². The number of hydrogen-bond donors (Lipinski definition) is 1. The van der Waals surface area contributed by atoms with Crippen LogP contribution in [0.3, 0.4) is 0 Å². The highest BCUT2D eigenvalue weighted by Crippen LogP contribution is 2.31. The zero-order chi connectivity index (χ0) is 17.6. The molecule has 1 saturated heterocycles. The summed E-state index contributed by atoms with van der Waals surface area (Å²) >= 11 is 2.19. The van der Waals surface area contributed by atoms with E-state index >= 15 is 0 Å². The number of aliphatic hydroxyl groups is 1. The van der Waals surface area contributed by atoms with Crippen molar-refractivity contribution in [3.63, 3.8) is 0 Å². The van der Waals surface area contributed by atoms with Gasteiger partial charge in [-0.25, -0.2) is 0 Å². The van der Waals surface area contributed by atoms with E-state index in [0.717, 1.165) is 11.1 Å². The number of rotatable bonds is 6. The highest BCUT2D eigenvalue weighted by atomic mass is 127. The molecule has 5 atom stereocenters. The van der Waals surface area contributed by atoms with E-state index in [-0.39, 0.29) is 22.2 Å². The van der Waals surface area contributed by atoms with E-state index in [9.17, 15) is 5.11 Å². The molecule has 0 bridgehead atoms. The van der Waals surface area contributed by atoms with Crippen molar-refractivity contribution in [3.8, 4) is 0 Å². The van der Waals surface area contributed by atoms with Crippen molar-refractivity contribution < 1.29 is 19.3 Å². The first-order valence-corrected chi connectivity index (χ1v) is 9.68. The van der Waals surface area contributed by atoms with Gasteiger partial charge in [-0.3, -0.25) is 0 Å². The van der Waals surface area contributed by atoms with Gasteiger partial charge in [0.1, 0.15) is 12.2 Å². The average Bonchev–Trinajstić information content (AvgIpc) is 2.64. The highest BCUT2D eigenvalue weighted by Gasteiger charge is 2.44. The fourth-order valence-corrected chi connectivity index (χ4v) is 3.72. The minimum Gasteiger partial charge on any atom is -0.369 e. The molecular formula is C20H23IO4. The molecule has 1 heterocycles. The van der Waals surface area contributed by atoms with Gasteiger partial charge in [-0.1, -0.05) is 83.3 Å². The topological polar surface area (TPSA) is 47.9 Å². The Balaban J connectivity index is 1.67. The molecule has 0 unspecified atom stereocenters. The lowest BCUT2D eigenvalue weighted by atomic mass is 10.0. The van der Waals surface area contributed by atoms with E-state index < -0.39 is 6.29 Å². The Morgan fingerprint density at radius 3 is 1.88 bits per heavy atom. The quantitative estimate of drug-likeness (QED) is 0.535. The van der Waals surface area contributed by atoms with Crippen LogP contribution in [0.2, 0.25) is 0 Å². The number of hydrogen-bond acceptors (Lipinski definition) is 4. The third kappa shape index (κ3) is 5.01. The number of benzene rings is 2. The lowest BCUT2D eigenvalue weighted by Crippen LogP contribution is -2.56. The van der Waals surface area contributed by atoms with Crippen LogP contribution in [0.4, 0.5) is 0 Å². The van der Waals surface area contributed by atoms with Gasteiger partial charge in [0.15, 0.2) is 6.29 Å². The molecule has 134 valence electrons. The Morgan fingerprint density at radius 1 is 0.880 bits per heavy atom. The lowest BCUT2D eigenvalue weighted by molar-refractivity contribution is -0.243. The molecule has 25 heavy (non-hydrogen) atoms. The Bertz CT molecular complexity index is 637. The van der Waals surface area contributed by atoms with Crippen molar-refractivity contribution in [2.75, 3.05) is 0 Å². The molecule has 0 amide bonds. The molecular weight excluding hydrogens is 431 g/mol. The molecule has 1 aliphatic heterocycles. The smallest absolute Gasteiger partial charge is 0.169 e. The number of ether oxygens (including phenoxy) is 3. The minimum atomic E-state index is -0.854. The first kappa shape index (κ1) is 18.8. The summed E-state index contributed by atoms with van der Waals surface area (Å²) in [6.45, 7) is 2.89. The maximum absolute atomic E-state index is 10.2. The maximum Gasteiger partial charge on any atom is 0.169 e. The molecule has 0 radical (unpaired) electrons. The van der Waals surface area contributed by atoms with Gasteiger partial charge in [-0.05, 0) is 18.1 Å². The second-order valence-electron chi connectivity index (χ2n) is 6.20. The molecule has 3 rings (SSSR count). The Morgan fingerprint density at radius 2 is 1.36 bits per heavy atom. The van der Waals surface area contributed by atoms with Gasteiger partial charge in [0.25, 0.3) is 0 Å². The summed E-state index contributed by atoms with van der Waals surface area (Å²) in [7, 11) is 0. The Kier molecular flexibility index (Phi) is 6.84. The van der Waals surface area contributed by atoms with Crippen molar-refractivity contribution in [3.05, 3.63) is 71.8 Å². The van der Waals surface area contributed by atoms with Gasteiger partial charge in [0.2, 0.25) is 0 Å². The zero-order valence-corrected chi connectivity index (χ0v) is 16.3. The average molecular weight is 454 g/mol. The van der Waals surface area contributed by atoms with Crippen molar-refractivity contribution in [2.45, 2.75) is 48.7 Å². The van der Waals surface area contributed by atoms with E-state index in [2.05, 4.69) is 22.6 Å². The summed E-state index contributed by atoms with van der Waals surface area (Å²) in [6, 6.07) is 20.1. The molecule has 2 aromatic rings. The monoisotopic (exact) mass is 454 g/mol. The van der Waals surface area contributed by atoms with Crippen LogP contribution in [0, 0.1) is 0 Å². The predicted octanol–water partition coefficient (Wildman–Crippen LogP) is 3.70. The Labute approximate surface area is 162 Å². The van der Waals surface area contributed by atoms with E-state index in [0.29, 0.717) is 13.2 Å². The summed E-state index contributed by atoms with van der Waals surface area (Å²) < 4.78 is 17.7. The third-order valence-electron chi connectivity index (χ3n) is 4.30. The second kappa shape index (κ2) is 9.09. The normalized spacial score (nSPS) is 29.5. The maximum atomic E-state index is 10.2. The molecule has 0 aliphatic carbocycles. The van der Waals surface area contributed by atoms with Gasteiger partial charge in [0, 0.05) is 0 Å². The third-order valence-corrected chi connectivity index (χ3v) is 5.62. The summed E-state index contributed by atoms with van der Waals surface area (Å²) in [5.41, 5.74) is 2.20. The van der Waals surface area contributed by atoms with Crippen LogP contribution in [0.25, 0.3) is 0 Å². The van der Waals surface area contributed by atoms with Crippen molar-refractivity contribution in [1.29, 1.82) is 0 Å². The molecule has 2 aromatic carbocycles. The van der Waals surface area contributed by atoms with Crippen molar-refractivity contribution in [1.82, 2.24) is 0 Å². The SMILES string of the molecule is C[C@@H]1O[C@@H](O)[C@H](I)[C@H](OCc2ccccc2)[C@H]1OCc1ccccc1. The number of alkyl halides is 1. The van der Waals surface area contributed by atoms with Gasteiger partial charge < -0.3 is 19.3 Å². The van der Waals surface area contributed by atoms with Crippen LogP contribution in [0.1, 0.15) is 18.1 Å². The summed E-state index contributed by atoms with van der Waals surface area (Å²) in [6.07, 6.45) is -1.59. The van der Waals surface area contributed by atoms with Crippen LogP contribution >= 0.6 is 22.6 Å². The molecule has 1 N–H and O–H groups in total. The van der Waals surface area contributed by atoms with Gasteiger partial charge in [0.05, 0.1) is 23.2 Å². The zero-order valence-electron chi connectivity index (χ0n) is 14.1. The minimum absolute atomic E-state index is 0.196. The molecule has 1 fully saturated rings. The van der Waals surface area contributed by atoms with Gasteiger partial charge in [-0.2, -0.15) is 0 Å². The lowest BCUT2D eigenvalue weighted by Gasteiger charge is -2.41. The predicted molar refractivity (Wildman–Crippen MR) is 104 cm³/mol. The fraction of sp³-hybridized carbons (Fsp3) is 0.400. The van der Waals surface area contributed by atoms with Crippen LogP contribution in [0.15, 0.2) is 60.7 Å². The molecule has 0 aromatic heterocycles. The summed E-state index contributed by atoms with van der Waals surface area (Å²) in [5, 5.41) is 10.2. The molecule has 0 spiro atoms. The first-order valence-electron chi connectivity index (χ1n) is 8.44. The molecule has 5 heteroatoms. The summed E-state index contributed by atoms with van der Waals surface area (Å²) in [4.78, 5) is 0. The first-order chi connectivity index (χ1) is 12.1. The molecule has 0 saturated carbocycles. The van der Waals surface area contributed by atoms with E-state index in [1.807, 2.05) is 67.6 Å². The van der Waals surface area contributed by atoms with E-state index in [4.69, 9.17) is 14.2 Å². The second-order valence-corrected chi connectivity index (χ2v) is 7.64. The molecule has 4 nitrogen and oxygen atoms in total. The standard InChI is InChI=1S/C20H23IO4/c1-14-18(23-12-15-8-4-2-5-9-15)19(17(21)20(22)25-14)24-13-16-10-6-3-7-11-16/h2-11,14,17-20,22H,12-13H2,1H3/t14-,17+,18-,19-,20+/m0/s1. The van der Waals surface area contributed by atoms with Crippen LogP contribution in [-0.2, 0) is 27.4 Å². The number of aliphatic hydroxyl groups excluding tert-OH is 1. The number of halogens is 1. The fourth-order valence-electron chi connectivity index (χ4n) is 2.93.